The lowest BCUT2D eigenvalue weighted by molar-refractivity contribution is -0.384. The quantitative estimate of drug-likeness (QED) is 0.276. The van der Waals surface area contributed by atoms with Crippen LogP contribution in [0.5, 0.6) is 5.75 Å². The van der Waals surface area contributed by atoms with Crippen molar-refractivity contribution in [2.45, 2.75) is 6.92 Å². The van der Waals surface area contributed by atoms with Crippen LogP contribution in [0.2, 0.25) is 0 Å². The van der Waals surface area contributed by atoms with Crippen molar-refractivity contribution >= 4 is 29.2 Å². The fourth-order valence-electron chi connectivity index (χ4n) is 1.96. The summed E-state index contributed by atoms with van der Waals surface area (Å²) in [5, 5.41) is 10.9. The summed E-state index contributed by atoms with van der Waals surface area (Å²) in [6, 6.07) is 11.5. The number of aliphatic imine (C=N–C) groups is 1. The molecule has 0 amide bonds. The van der Waals surface area contributed by atoms with Crippen LogP contribution >= 0.6 is 0 Å². The molecule has 124 valence electrons. The Balaban J connectivity index is 2.33. The lowest BCUT2D eigenvalue weighted by atomic mass is 10.2. The van der Waals surface area contributed by atoms with Gasteiger partial charge in [-0.1, -0.05) is 12.1 Å². The Bertz CT molecular complexity index is 783. The highest BCUT2D eigenvalue weighted by Gasteiger charge is 2.12. The SMILES string of the molecule is CC(=O)Oc1ccc([N+](=O)[O-])cc1N=Cc1ccc(N(C)C)cc1. The lowest BCUT2D eigenvalue weighted by Crippen LogP contribution is -2.08. The molecule has 0 bridgehead atoms. The van der Waals surface area contributed by atoms with E-state index in [1.54, 1.807) is 6.21 Å². The van der Waals surface area contributed by atoms with E-state index in [9.17, 15) is 14.9 Å². The molecule has 0 N–H and O–H groups in total. The number of carbonyl (C=O) groups excluding carboxylic acids is 1. The third kappa shape index (κ3) is 4.39. The third-order valence-corrected chi connectivity index (χ3v) is 3.17. The largest absolute Gasteiger partial charge is 0.424 e. The summed E-state index contributed by atoms with van der Waals surface area (Å²) < 4.78 is 5.04. The number of rotatable bonds is 5. The molecule has 0 aliphatic rings. The first-order valence-corrected chi connectivity index (χ1v) is 7.15. The number of carbonyl (C=O) groups is 1. The fraction of sp³-hybridized carbons (Fsp3) is 0.176. The Kier molecular flexibility index (Phi) is 5.26. The second-order valence-corrected chi connectivity index (χ2v) is 5.25. The monoisotopic (exact) mass is 327 g/mol. The van der Waals surface area contributed by atoms with Crippen LogP contribution in [0.1, 0.15) is 12.5 Å². The van der Waals surface area contributed by atoms with Crippen LogP contribution in [0.15, 0.2) is 47.5 Å². The number of nitro groups is 1. The zero-order valence-electron chi connectivity index (χ0n) is 13.6. The molecule has 2 aromatic carbocycles. The van der Waals surface area contributed by atoms with Gasteiger partial charge in [-0.3, -0.25) is 19.9 Å². The van der Waals surface area contributed by atoms with Gasteiger partial charge in [0.15, 0.2) is 5.75 Å². The predicted molar refractivity (Wildman–Crippen MR) is 92.4 cm³/mol. The minimum Gasteiger partial charge on any atom is -0.424 e. The van der Waals surface area contributed by atoms with Crippen molar-refractivity contribution in [1.82, 2.24) is 0 Å². The Morgan fingerprint density at radius 3 is 2.42 bits per heavy atom. The lowest BCUT2D eigenvalue weighted by Gasteiger charge is -2.11. The van der Waals surface area contributed by atoms with E-state index in [1.165, 1.54) is 25.1 Å². The summed E-state index contributed by atoms with van der Waals surface area (Å²) in [5.74, 6) is -0.343. The highest BCUT2D eigenvalue weighted by molar-refractivity contribution is 5.84. The first-order valence-electron chi connectivity index (χ1n) is 7.15. The predicted octanol–water partition coefficient (Wildman–Crippen LogP) is 3.34. The number of hydrogen-bond acceptors (Lipinski definition) is 6. The molecule has 0 saturated carbocycles. The standard InChI is InChI=1S/C17H17N3O4/c1-12(21)24-17-9-8-15(20(22)23)10-16(17)18-11-13-4-6-14(7-5-13)19(2)3/h4-11H,1-3H3. The van der Waals surface area contributed by atoms with Gasteiger partial charge in [0.2, 0.25) is 0 Å². The highest BCUT2D eigenvalue weighted by Crippen LogP contribution is 2.31. The van der Waals surface area contributed by atoms with Crippen molar-refractivity contribution in [1.29, 1.82) is 0 Å². The van der Waals surface area contributed by atoms with Gasteiger partial charge in [0.05, 0.1) is 4.92 Å². The summed E-state index contributed by atoms with van der Waals surface area (Å²) >= 11 is 0. The van der Waals surface area contributed by atoms with E-state index in [1.807, 2.05) is 43.3 Å². The number of hydrogen-bond donors (Lipinski definition) is 0. The number of esters is 1. The topological polar surface area (TPSA) is 85.0 Å². The van der Waals surface area contributed by atoms with Crippen LogP contribution in [0.3, 0.4) is 0 Å². The maximum absolute atomic E-state index is 11.1. The fourth-order valence-corrected chi connectivity index (χ4v) is 1.96. The number of anilines is 1. The minimum atomic E-state index is -0.525. The van der Waals surface area contributed by atoms with Gasteiger partial charge in [0.1, 0.15) is 5.69 Å². The number of benzene rings is 2. The second-order valence-electron chi connectivity index (χ2n) is 5.25. The van der Waals surface area contributed by atoms with Crippen LogP contribution < -0.4 is 9.64 Å². The van der Waals surface area contributed by atoms with Crippen LogP contribution in [-0.2, 0) is 4.79 Å². The summed E-state index contributed by atoms with van der Waals surface area (Å²) in [7, 11) is 3.88. The van der Waals surface area contributed by atoms with E-state index in [0.29, 0.717) is 0 Å². The normalized spacial score (nSPS) is 10.6. The molecule has 2 aromatic rings. The molecule has 0 radical (unpaired) electrons. The first-order chi connectivity index (χ1) is 11.4. The van der Waals surface area contributed by atoms with Crippen LogP contribution in [0.4, 0.5) is 17.1 Å². The van der Waals surface area contributed by atoms with Crippen molar-refractivity contribution in [3.8, 4) is 5.75 Å². The zero-order valence-corrected chi connectivity index (χ0v) is 13.6. The maximum atomic E-state index is 11.1. The average molecular weight is 327 g/mol. The molecule has 0 atom stereocenters. The molecule has 7 nitrogen and oxygen atoms in total. The van der Waals surface area contributed by atoms with E-state index >= 15 is 0 Å². The van der Waals surface area contributed by atoms with Gasteiger partial charge in [0, 0.05) is 45.1 Å². The molecular formula is C17H17N3O4. The summed E-state index contributed by atoms with van der Waals surface area (Å²) in [6.45, 7) is 1.26. The molecule has 0 aliphatic heterocycles. The first kappa shape index (κ1) is 17.1. The summed E-state index contributed by atoms with van der Waals surface area (Å²) in [5.41, 5.74) is 1.96. The number of ether oxygens (including phenoxy) is 1. The van der Waals surface area contributed by atoms with Crippen molar-refractivity contribution < 1.29 is 14.5 Å². The van der Waals surface area contributed by atoms with Crippen molar-refractivity contribution in [3.63, 3.8) is 0 Å². The van der Waals surface area contributed by atoms with E-state index in [0.717, 1.165) is 11.3 Å². The van der Waals surface area contributed by atoms with Crippen LogP contribution in [0.25, 0.3) is 0 Å². The van der Waals surface area contributed by atoms with Crippen molar-refractivity contribution in [2.24, 2.45) is 4.99 Å². The van der Waals surface area contributed by atoms with Gasteiger partial charge in [-0.2, -0.15) is 0 Å². The van der Waals surface area contributed by atoms with Crippen LogP contribution in [0, 0.1) is 10.1 Å². The van der Waals surface area contributed by atoms with Gasteiger partial charge in [-0.25, -0.2) is 0 Å². The molecule has 0 saturated heterocycles. The Labute approximate surface area is 139 Å². The third-order valence-electron chi connectivity index (χ3n) is 3.17. The van der Waals surface area contributed by atoms with E-state index < -0.39 is 10.9 Å². The van der Waals surface area contributed by atoms with Gasteiger partial charge in [-0.05, 0) is 23.8 Å². The molecule has 0 spiro atoms. The second kappa shape index (κ2) is 7.36. The molecule has 7 heteroatoms. The van der Waals surface area contributed by atoms with E-state index in [4.69, 9.17) is 4.74 Å². The number of nitrogens with zero attached hydrogens (tertiary/aromatic N) is 3. The molecule has 2 rings (SSSR count). The van der Waals surface area contributed by atoms with E-state index in [-0.39, 0.29) is 17.1 Å². The van der Waals surface area contributed by atoms with Crippen molar-refractivity contribution in [2.75, 3.05) is 19.0 Å². The van der Waals surface area contributed by atoms with Crippen LogP contribution in [-0.4, -0.2) is 31.2 Å². The molecule has 0 aromatic heterocycles. The van der Waals surface area contributed by atoms with Gasteiger partial charge < -0.3 is 9.64 Å². The Morgan fingerprint density at radius 2 is 1.88 bits per heavy atom. The molecule has 0 heterocycles. The van der Waals surface area contributed by atoms with Gasteiger partial charge >= 0.3 is 5.97 Å². The Hall–Kier alpha value is -3.22. The Morgan fingerprint density at radius 1 is 1.21 bits per heavy atom. The molecule has 0 aliphatic carbocycles. The molecule has 0 fully saturated rings. The minimum absolute atomic E-state index is 0.124. The number of nitro benzene ring substituents is 1. The molecular weight excluding hydrogens is 310 g/mol. The van der Waals surface area contributed by atoms with E-state index in [2.05, 4.69) is 4.99 Å². The zero-order chi connectivity index (χ0) is 17.7. The summed E-state index contributed by atoms with van der Waals surface area (Å²) in [6.07, 6.45) is 1.56. The number of non-ortho nitro benzene ring substituents is 1. The highest BCUT2D eigenvalue weighted by atomic mass is 16.6. The summed E-state index contributed by atoms with van der Waals surface area (Å²) in [4.78, 5) is 27.7. The average Bonchev–Trinajstić information content (AvgIpc) is 2.53. The smallest absolute Gasteiger partial charge is 0.308 e. The van der Waals surface area contributed by atoms with Crippen molar-refractivity contribution in [3.05, 3.63) is 58.1 Å². The van der Waals surface area contributed by atoms with Gasteiger partial charge in [0.25, 0.3) is 5.69 Å². The molecule has 0 unspecified atom stereocenters. The maximum Gasteiger partial charge on any atom is 0.308 e. The van der Waals surface area contributed by atoms with Gasteiger partial charge in [-0.15, -0.1) is 0 Å². The molecule has 24 heavy (non-hydrogen) atoms.